The van der Waals surface area contributed by atoms with Crippen molar-refractivity contribution in [1.29, 1.82) is 0 Å². The van der Waals surface area contributed by atoms with E-state index in [4.69, 9.17) is 4.74 Å². The number of hydrogen-bond donors (Lipinski definition) is 1. The SMILES string of the molecule is CCC1COC(C)CN1Cc1ccc(CNC)cc1. The second kappa shape index (κ2) is 7.04. The third-order valence-electron chi connectivity index (χ3n) is 3.84. The molecule has 19 heavy (non-hydrogen) atoms. The Morgan fingerprint density at radius 3 is 2.58 bits per heavy atom. The standard InChI is InChI=1S/C16H26N2O/c1-4-16-12-19-13(2)10-18(16)11-15-7-5-14(6-8-15)9-17-3/h5-8,13,16-17H,4,9-12H2,1-3H3. The molecule has 1 aromatic rings. The summed E-state index contributed by atoms with van der Waals surface area (Å²) in [6, 6.07) is 9.50. The number of nitrogens with one attached hydrogen (secondary N) is 1. The predicted molar refractivity (Wildman–Crippen MR) is 79.1 cm³/mol. The van der Waals surface area contributed by atoms with Crippen molar-refractivity contribution >= 4 is 0 Å². The lowest BCUT2D eigenvalue weighted by Gasteiger charge is -2.38. The first-order chi connectivity index (χ1) is 9.22. The van der Waals surface area contributed by atoms with Crippen molar-refractivity contribution < 1.29 is 4.74 Å². The minimum atomic E-state index is 0.353. The Bertz CT molecular complexity index is 377. The molecule has 3 heteroatoms. The van der Waals surface area contributed by atoms with Crippen LogP contribution in [0.2, 0.25) is 0 Å². The van der Waals surface area contributed by atoms with Crippen molar-refractivity contribution in [2.75, 3.05) is 20.2 Å². The molecule has 1 fully saturated rings. The van der Waals surface area contributed by atoms with E-state index >= 15 is 0 Å². The van der Waals surface area contributed by atoms with Gasteiger partial charge in [0.25, 0.3) is 0 Å². The Balaban J connectivity index is 1.98. The van der Waals surface area contributed by atoms with Crippen LogP contribution < -0.4 is 5.32 Å². The second-order valence-electron chi connectivity index (χ2n) is 5.48. The molecular weight excluding hydrogens is 236 g/mol. The Labute approximate surface area is 116 Å². The molecule has 1 heterocycles. The minimum absolute atomic E-state index is 0.353. The maximum absolute atomic E-state index is 5.75. The van der Waals surface area contributed by atoms with Crippen LogP contribution in [0, 0.1) is 0 Å². The number of hydrogen-bond acceptors (Lipinski definition) is 3. The molecule has 0 radical (unpaired) electrons. The van der Waals surface area contributed by atoms with E-state index in [9.17, 15) is 0 Å². The molecule has 0 bridgehead atoms. The smallest absolute Gasteiger partial charge is 0.0674 e. The number of ether oxygens (including phenoxy) is 1. The molecule has 1 saturated heterocycles. The average Bonchev–Trinajstić information content (AvgIpc) is 2.42. The predicted octanol–water partition coefficient (Wildman–Crippen LogP) is 2.41. The van der Waals surface area contributed by atoms with Crippen molar-refractivity contribution in [3.63, 3.8) is 0 Å². The summed E-state index contributed by atoms with van der Waals surface area (Å²) in [5.74, 6) is 0. The highest BCUT2D eigenvalue weighted by Crippen LogP contribution is 2.18. The van der Waals surface area contributed by atoms with Gasteiger partial charge in [0.1, 0.15) is 0 Å². The van der Waals surface area contributed by atoms with E-state index in [1.807, 2.05) is 7.05 Å². The van der Waals surface area contributed by atoms with Crippen LogP contribution in [0.4, 0.5) is 0 Å². The molecule has 0 amide bonds. The van der Waals surface area contributed by atoms with Crippen LogP contribution in [-0.2, 0) is 17.8 Å². The van der Waals surface area contributed by atoms with Crippen LogP contribution in [0.15, 0.2) is 24.3 Å². The molecular formula is C16H26N2O. The summed E-state index contributed by atoms with van der Waals surface area (Å²) in [7, 11) is 1.98. The van der Waals surface area contributed by atoms with Gasteiger partial charge in [-0.1, -0.05) is 31.2 Å². The van der Waals surface area contributed by atoms with Gasteiger partial charge in [0.2, 0.25) is 0 Å². The van der Waals surface area contributed by atoms with Crippen LogP contribution in [0.25, 0.3) is 0 Å². The third-order valence-corrected chi connectivity index (χ3v) is 3.84. The van der Waals surface area contributed by atoms with E-state index in [-0.39, 0.29) is 0 Å². The van der Waals surface area contributed by atoms with Gasteiger partial charge >= 0.3 is 0 Å². The molecule has 0 aliphatic carbocycles. The zero-order valence-corrected chi connectivity index (χ0v) is 12.4. The van der Waals surface area contributed by atoms with Crippen molar-refractivity contribution in [3.05, 3.63) is 35.4 Å². The molecule has 3 nitrogen and oxygen atoms in total. The molecule has 1 aliphatic heterocycles. The van der Waals surface area contributed by atoms with E-state index in [2.05, 4.69) is 48.3 Å². The van der Waals surface area contributed by atoms with Gasteiger partial charge in [-0.3, -0.25) is 4.90 Å². The Hall–Kier alpha value is -0.900. The molecule has 0 spiro atoms. The fourth-order valence-corrected chi connectivity index (χ4v) is 2.68. The van der Waals surface area contributed by atoms with E-state index in [1.54, 1.807) is 0 Å². The largest absolute Gasteiger partial charge is 0.376 e. The summed E-state index contributed by atoms with van der Waals surface area (Å²) < 4.78 is 5.75. The molecule has 2 unspecified atom stereocenters. The lowest BCUT2D eigenvalue weighted by Crippen LogP contribution is -2.47. The minimum Gasteiger partial charge on any atom is -0.376 e. The van der Waals surface area contributed by atoms with Gasteiger partial charge in [0.15, 0.2) is 0 Å². The quantitative estimate of drug-likeness (QED) is 0.882. The fourth-order valence-electron chi connectivity index (χ4n) is 2.68. The summed E-state index contributed by atoms with van der Waals surface area (Å²) in [6.07, 6.45) is 1.51. The van der Waals surface area contributed by atoms with Gasteiger partial charge in [-0.2, -0.15) is 0 Å². The zero-order chi connectivity index (χ0) is 13.7. The number of nitrogens with zero attached hydrogens (tertiary/aromatic N) is 1. The van der Waals surface area contributed by atoms with Crippen molar-refractivity contribution in [2.45, 2.75) is 45.5 Å². The average molecular weight is 262 g/mol. The van der Waals surface area contributed by atoms with Crippen LogP contribution in [0.1, 0.15) is 31.4 Å². The number of benzene rings is 1. The van der Waals surface area contributed by atoms with Gasteiger partial charge in [0, 0.05) is 25.7 Å². The first kappa shape index (κ1) is 14.5. The van der Waals surface area contributed by atoms with E-state index in [1.165, 1.54) is 11.1 Å². The van der Waals surface area contributed by atoms with Crippen molar-refractivity contribution in [3.8, 4) is 0 Å². The van der Waals surface area contributed by atoms with Gasteiger partial charge in [-0.15, -0.1) is 0 Å². The number of rotatable bonds is 5. The van der Waals surface area contributed by atoms with Crippen molar-refractivity contribution in [2.24, 2.45) is 0 Å². The summed E-state index contributed by atoms with van der Waals surface area (Å²) in [4.78, 5) is 2.56. The molecule has 0 aromatic heterocycles. The third kappa shape index (κ3) is 4.03. The zero-order valence-electron chi connectivity index (χ0n) is 12.4. The van der Waals surface area contributed by atoms with Gasteiger partial charge in [0.05, 0.1) is 12.7 Å². The van der Waals surface area contributed by atoms with E-state index in [0.29, 0.717) is 12.1 Å². The number of morpholine rings is 1. The lowest BCUT2D eigenvalue weighted by molar-refractivity contribution is -0.0592. The maximum atomic E-state index is 5.75. The molecule has 2 atom stereocenters. The van der Waals surface area contributed by atoms with Crippen LogP contribution in [0.5, 0.6) is 0 Å². The van der Waals surface area contributed by atoms with Gasteiger partial charge in [-0.25, -0.2) is 0 Å². The maximum Gasteiger partial charge on any atom is 0.0674 e. The summed E-state index contributed by atoms with van der Waals surface area (Å²) in [5, 5.41) is 3.18. The molecule has 1 aliphatic rings. The highest BCUT2D eigenvalue weighted by atomic mass is 16.5. The molecule has 2 rings (SSSR count). The summed E-state index contributed by atoms with van der Waals surface area (Å²) >= 11 is 0. The van der Waals surface area contributed by atoms with E-state index in [0.717, 1.165) is 32.7 Å². The second-order valence-corrected chi connectivity index (χ2v) is 5.48. The summed E-state index contributed by atoms with van der Waals surface area (Å²) in [5.41, 5.74) is 2.74. The van der Waals surface area contributed by atoms with Gasteiger partial charge < -0.3 is 10.1 Å². The topological polar surface area (TPSA) is 24.5 Å². The molecule has 106 valence electrons. The Kier molecular flexibility index (Phi) is 5.37. The van der Waals surface area contributed by atoms with Crippen LogP contribution in [-0.4, -0.2) is 37.2 Å². The highest BCUT2D eigenvalue weighted by molar-refractivity contribution is 5.22. The highest BCUT2D eigenvalue weighted by Gasteiger charge is 2.25. The first-order valence-electron chi connectivity index (χ1n) is 7.31. The lowest BCUT2D eigenvalue weighted by atomic mass is 10.1. The molecule has 1 N–H and O–H groups in total. The normalized spacial score (nSPS) is 24.6. The van der Waals surface area contributed by atoms with Crippen molar-refractivity contribution in [1.82, 2.24) is 10.2 Å². The Morgan fingerprint density at radius 2 is 1.95 bits per heavy atom. The Morgan fingerprint density at radius 1 is 1.26 bits per heavy atom. The van der Waals surface area contributed by atoms with Crippen LogP contribution in [0.3, 0.4) is 0 Å². The van der Waals surface area contributed by atoms with Crippen LogP contribution >= 0.6 is 0 Å². The van der Waals surface area contributed by atoms with Gasteiger partial charge in [-0.05, 0) is 31.5 Å². The summed E-state index contributed by atoms with van der Waals surface area (Å²) in [6.45, 7) is 8.28. The molecule has 0 saturated carbocycles. The molecule has 1 aromatic carbocycles. The van der Waals surface area contributed by atoms with E-state index < -0.39 is 0 Å². The monoisotopic (exact) mass is 262 g/mol. The fraction of sp³-hybridized carbons (Fsp3) is 0.625. The first-order valence-corrected chi connectivity index (χ1v) is 7.31.